The van der Waals surface area contributed by atoms with Gasteiger partial charge in [-0.25, -0.2) is 4.98 Å². The van der Waals surface area contributed by atoms with E-state index < -0.39 is 11.9 Å². The molecule has 2 aromatic carbocycles. The van der Waals surface area contributed by atoms with E-state index in [1.807, 2.05) is 43.3 Å². The highest BCUT2D eigenvalue weighted by Gasteiger charge is 2.11. The second-order valence-corrected chi connectivity index (χ2v) is 6.73. The standard InChI is InChI=1S/C20H20N2O5S/c1-2-25-15-8-9-16-17(12-15)28-20(21-16)22-18(23)13-27-19(24)10-11-26-14-6-4-3-5-7-14/h3-9,12H,2,10-11,13H2,1H3,(H,21,22,23). The Morgan fingerprint density at radius 1 is 1.07 bits per heavy atom. The molecule has 0 fully saturated rings. The van der Waals surface area contributed by atoms with Gasteiger partial charge in [0.15, 0.2) is 11.7 Å². The molecule has 146 valence electrons. The molecule has 0 radical (unpaired) electrons. The van der Waals surface area contributed by atoms with E-state index in [9.17, 15) is 9.59 Å². The van der Waals surface area contributed by atoms with Crippen LogP contribution in [-0.2, 0) is 14.3 Å². The van der Waals surface area contributed by atoms with Crippen molar-refractivity contribution in [2.45, 2.75) is 13.3 Å². The van der Waals surface area contributed by atoms with E-state index in [0.29, 0.717) is 17.5 Å². The van der Waals surface area contributed by atoms with Crippen LogP contribution in [0.3, 0.4) is 0 Å². The average molecular weight is 400 g/mol. The molecule has 28 heavy (non-hydrogen) atoms. The van der Waals surface area contributed by atoms with E-state index in [2.05, 4.69) is 10.3 Å². The zero-order valence-electron chi connectivity index (χ0n) is 15.3. The maximum atomic E-state index is 12.0. The lowest BCUT2D eigenvalue weighted by Crippen LogP contribution is -2.21. The smallest absolute Gasteiger partial charge is 0.309 e. The topological polar surface area (TPSA) is 86.8 Å². The number of fused-ring (bicyclic) bond motifs is 1. The van der Waals surface area contributed by atoms with Crippen molar-refractivity contribution in [3.63, 3.8) is 0 Å². The van der Waals surface area contributed by atoms with E-state index in [1.54, 1.807) is 12.1 Å². The van der Waals surface area contributed by atoms with Crippen LogP contribution in [-0.4, -0.2) is 36.7 Å². The third kappa shape index (κ3) is 5.68. The fourth-order valence-corrected chi connectivity index (χ4v) is 3.27. The van der Waals surface area contributed by atoms with Crippen LogP contribution in [0.15, 0.2) is 48.5 Å². The Bertz CT molecular complexity index is 942. The number of esters is 1. The van der Waals surface area contributed by atoms with Crippen molar-refractivity contribution in [1.82, 2.24) is 4.98 Å². The first-order valence-corrected chi connectivity index (χ1v) is 9.62. The first-order chi connectivity index (χ1) is 13.6. The normalized spacial score (nSPS) is 10.5. The monoisotopic (exact) mass is 400 g/mol. The van der Waals surface area contributed by atoms with E-state index in [1.165, 1.54) is 11.3 Å². The SMILES string of the molecule is CCOc1ccc2nc(NC(=O)COC(=O)CCOc3ccccc3)sc2c1. The lowest BCUT2D eigenvalue weighted by Gasteiger charge is -2.06. The molecule has 7 nitrogen and oxygen atoms in total. The molecule has 0 aliphatic heterocycles. The van der Waals surface area contributed by atoms with Gasteiger partial charge in [-0.2, -0.15) is 0 Å². The van der Waals surface area contributed by atoms with Crippen LogP contribution in [0.4, 0.5) is 5.13 Å². The summed E-state index contributed by atoms with van der Waals surface area (Å²) < 4.78 is 16.7. The molecule has 3 aromatic rings. The maximum absolute atomic E-state index is 12.0. The quantitative estimate of drug-likeness (QED) is 0.552. The van der Waals surface area contributed by atoms with Crippen molar-refractivity contribution in [3.8, 4) is 11.5 Å². The largest absolute Gasteiger partial charge is 0.494 e. The van der Waals surface area contributed by atoms with Crippen molar-refractivity contribution < 1.29 is 23.8 Å². The number of ether oxygens (including phenoxy) is 3. The molecule has 0 bridgehead atoms. The number of aromatic nitrogens is 1. The average Bonchev–Trinajstić information content (AvgIpc) is 3.09. The predicted octanol–water partition coefficient (Wildman–Crippen LogP) is 3.65. The summed E-state index contributed by atoms with van der Waals surface area (Å²) in [6, 6.07) is 14.7. The summed E-state index contributed by atoms with van der Waals surface area (Å²) in [7, 11) is 0. The molecule has 1 N–H and O–H groups in total. The Kier molecular flexibility index (Phi) is 6.80. The van der Waals surface area contributed by atoms with Gasteiger partial charge in [-0.15, -0.1) is 0 Å². The Morgan fingerprint density at radius 2 is 1.89 bits per heavy atom. The van der Waals surface area contributed by atoms with Gasteiger partial charge < -0.3 is 14.2 Å². The molecule has 0 atom stereocenters. The minimum Gasteiger partial charge on any atom is -0.494 e. The van der Waals surface area contributed by atoms with Gasteiger partial charge in [0.05, 0.1) is 29.9 Å². The van der Waals surface area contributed by atoms with Gasteiger partial charge in [-0.05, 0) is 37.3 Å². The summed E-state index contributed by atoms with van der Waals surface area (Å²) in [5, 5.41) is 3.08. The first-order valence-electron chi connectivity index (χ1n) is 8.81. The molecule has 0 unspecified atom stereocenters. The molecule has 0 saturated heterocycles. The molecule has 1 heterocycles. The summed E-state index contributed by atoms with van der Waals surface area (Å²) in [4.78, 5) is 28.0. The van der Waals surface area contributed by atoms with Crippen LogP contribution in [0.5, 0.6) is 11.5 Å². The zero-order chi connectivity index (χ0) is 19.8. The van der Waals surface area contributed by atoms with Crippen molar-refractivity contribution >= 4 is 38.6 Å². The van der Waals surface area contributed by atoms with Gasteiger partial charge in [0.1, 0.15) is 11.5 Å². The number of hydrogen-bond acceptors (Lipinski definition) is 7. The number of para-hydroxylation sites is 1. The lowest BCUT2D eigenvalue weighted by atomic mass is 10.3. The van der Waals surface area contributed by atoms with E-state index in [4.69, 9.17) is 14.2 Å². The first kappa shape index (κ1) is 19.6. The zero-order valence-corrected chi connectivity index (χ0v) is 16.2. The van der Waals surface area contributed by atoms with Gasteiger partial charge in [0.2, 0.25) is 0 Å². The highest BCUT2D eigenvalue weighted by atomic mass is 32.1. The Morgan fingerprint density at radius 3 is 2.68 bits per heavy atom. The molecule has 0 spiro atoms. The van der Waals surface area contributed by atoms with Gasteiger partial charge in [0, 0.05) is 0 Å². The van der Waals surface area contributed by atoms with Crippen LogP contribution in [0, 0.1) is 0 Å². The number of benzene rings is 2. The third-order valence-electron chi connectivity index (χ3n) is 3.60. The number of hydrogen-bond donors (Lipinski definition) is 1. The van der Waals surface area contributed by atoms with E-state index in [0.717, 1.165) is 16.0 Å². The number of rotatable bonds is 9. The van der Waals surface area contributed by atoms with E-state index >= 15 is 0 Å². The van der Waals surface area contributed by atoms with Crippen molar-refractivity contribution in [3.05, 3.63) is 48.5 Å². The Hall–Kier alpha value is -3.13. The van der Waals surface area contributed by atoms with Crippen LogP contribution in [0.25, 0.3) is 10.2 Å². The molecule has 0 aliphatic carbocycles. The van der Waals surface area contributed by atoms with Crippen molar-refractivity contribution in [1.29, 1.82) is 0 Å². The molecule has 1 amide bonds. The summed E-state index contributed by atoms with van der Waals surface area (Å²) in [5.41, 5.74) is 0.763. The summed E-state index contributed by atoms with van der Waals surface area (Å²) in [6.07, 6.45) is 0.0590. The third-order valence-corrected chi connectivity index (χ3v) is 4.53. The number of thiazole rings is 1. The van der Waals surface area contributed by atoms with Crippen LogP contribution in [0.1, 0.15) is 13.3 Å². The van der Waals surface area contributed by atoms with Gasteiger partial charge in [-0.1, -0.05) is 29.5 Å². The second kappa shape index (κ2) is 9.70. The molecule has 0 aliphatic rings. The molecule has 3 rings (SSSR count). The fraction of sp³-hybridized carbons (Fsp3) is 0.250. The van der Waals surface area contributed by atoms with Crippen molar-refractivity contribution in [2.75, 3.05) is 25.1 Å². The Balaban J connectivity index is 1.42. The number of nitrogens with one attached hydrogen (secondary N) is 1. The Labute approximate surface area is 166 Å². The summed E-state index contributed by atoms with van der Waals surface area (Å²) in [5.74, 6) is 0.484. The molecular formula is C20H20N2O5S. The number of nitrogens with zero attached hydrogens (tertiary/aromatic N) is 1. The van der Waals surface area contributed by atoms with Crippen molar-refractivity contribution in [2.24, 2.45) is 0 Å². The van der Waals surface area contributed by atoms with E-state index in [-0.39, 0.29) is 19.6 Å². The summed E-state index contributed by atoms with van der Waals surface area (Å²) in [6.45, 7) is 2.31. The maximum Gasteiger partial charge on any atom is 0.309 e. The molecular weight excluding hydrogens is 380 g/mol. The van der Waals surface area contributed by atoms with Gasteiger partial charge >= 0.3 is 5.97 Å². The van der Waals surface area contributed by atoms with Gasteiger partial charge in [0.25, 0.3) is 5.91 Å². The second-order valence-electron chi connectivity index (χ2n) is 5.70. The van der Waals surface area contributed by atoms with Crippen LogP contribution >= 0.6 is 11.3 Å². The predicted molar refractivity (Wildman–Crippen MR) is 107 cm³/mol. The highest BCUT2D eigenvalue weighted by molar-refractivity contribution is 7.22. The number of anilines is 1. The number of amides is 1. The molecule has 1 aromatic heterocycles. The number of carbonyl (C=O) groups excluding carboxylic acids is 2. The van der Waals surface area contributed by atoms with Gasteiger partial charge in [-0.3, -0.25) is 14.9 Å². The fourth-order valence-electron chi connectivity index (χ4n) is 2.36. The highest BCUT2D eigenvalue weighted by Crippen LogP contribution is 2.29. The summed E-state index contributed by atoms with van der Waals surface area (Å²) >= 11 is 1.33. The minimum absolute atomic E-state index is 0.0590. The minimum atomic E-state index is -0.503. The lowest BCUT2D eigenvalue weighted by molar-refractivity contribution is -0.147. The van der Waals surface area contributed by atoms with Crippen LogP contribution in [0.2, 0.25) is 0 Å². The molecule has 0 saturated carbocycles. The number of carbonyl (C=O) groups is 2. The molecule has 8 heteroatoms. The van der Waals surface area contributed by atoms with Crippen LogP contribution < -0.4 is 14.8 Å².